The first-order valence-corrected chi connectivity index (χ1v) is 25.6. The van der Waals surface area contributed by atoms with Crippen molar-refractivity contribution in [3.05, 3.63) is 85.1 Å². The van der Waals surface area contributed by atoms with Crippen LogP contribution in [0.25, 0.3) is 0 Å². The maximum Gasteiger partial charge on any atom is 0.306 e. The Morgan fingerprint density at radius 2 is 0.694 bits per heavy atom. The highest BCUT2D eigenvalue weighted by Gasteiger charge is 2.19. The summed E-state index contributed by atoms with van der Waals surface area (Å²) in [6.45, 7) is 6.39. The predicted octanol–water partition coefficient (Wildman–Crippen LogP) is 16.8. The summed E-state index contributed by atoms with van der Waals surface area (Å²) in [6.07, 6.45) is 64.3. The third-order valence-electron chi connectivity index (χ3n) is 10.7. The van der Waals surface area contributed by atoms with Crippen LogP contribution in [0.15, 0.2) is 85.1 Å². The quantitative estimate of drug-likeness (QED) is 0.0199. The highest BCUT2D eigenvalue weighted by Crippen LogP contribution is 2.14. The van der Waals surface area contributed by atoms with Crippen LogP contribution >= 0.6 is 0 Å². The van der Waals surface area contributed by atoms with Gasteiger partial charge in [0.05, 0.1) is 0 Å². The lowest BCUT2D eigenvalue weighted by atomic mass is 10.1. The molecule has 0 saturated heterocycles. The zero-order chi connectivity index (χ0) is 45.1. The molecule has 0 N–H and O–H groups in total. The van der Waals surface area contributed by atoms with E-state index in [0.29, 0.717) is 19.3 Å². The molecule has 0 aromatic heterocycles. The van der Waals surface area contributed by atoms with Gasteiger partial charge in [0, 0.05) is 19.3 Å². The molecule has 0 aromatic carbocycles. The summed E-state index contributed by atoms with van der Waals surface area (Å²) in [5.74, 6) is -0.954. The van der Waals surface area contributed by atoms with Crippen LogP contribution in [-0.2, 0) is 28.6 Å². The van der Waals surface area contributed by atoms with Crippen LogP contribution in [-0.4, -0.2) is 37.2 Å². The topological polar surface area (TPSA) is 78.9 Å². The molecule has 0 bridgehead atoms. The number of hydrogen-bond donors (Lipinski definition) is 0. The molecule has 1 unspecified atom stereocenters. The molecule has 0 amide bonds. The maximum atomic E-state index is 12.8. The van der Waals surface area contributed by atoms with E-state index in [0.717, 1.165) is 103 Å². The van der Waals surface area contributed by atoms with Crippen LogP contribution in [0.2, 0.25) is 0 Å². The molecule has 0 aliphatic carbocycles. The van der Waals surface area contributed by atoms with E-state index in [1.807, 2.05) is 0 Å². The van der Waals surface area contributed by atoms with Crippen LogP contribution in [0.4, 0.5) is 0 Å². The molecule has 0 heterocycles. The second kappa shape index (κ2) is 50.2. The monoisotopic (exact) mass is 863 g/mol. The van der Waals surface area contributed by atoms with Crippen molar-refractivity contribution in [2.45, 2.75) is 239 Å². The van der Waals surface area contributed by atoms with Gasteiger partial charge in [-0.05, 0) is 96.3 Å². The van der Waals surface area contributed by atoms with E-state index in [2.05, 4.69) is 106 Å². The van der Waals surface area contributed by atoms with Gasteiger partial charge in [-0.1, -0.05) is 202 Å². The largest absolute Gasteiger partial charge is 0.462 e. The zero-order valence-corrected chi connectivity index (χ0v) is 40.4. The summed E-state index contributed by atoms with van der Waals surface area (Å²) in [6, 6.07) is 0. The molecule has 0 aliphatic rings. The lowest BCUT2D eigenvalue weighted by molar-refractivity contribution is -0.167. The first-order chi connectivity index (χ1) is 30.5. The minimum Gasteiger partial charge on any atom is -0.462 e. The minimum atomic E-state index is -0.800. The molecule has 0 radical (unpaired) electrons. The van der Waals surface area contributed by atoms with Gasteiger partial charge in [-0.15, -0.1) is 0 Å². The zero-order valence-electron chi connectivity index (χ0n) is 40.4. The van der Waals surface area contributed by atoms with Crippen LogP contribution in [0.5, 0.6) is 0 Å². The summed E-state index contributed by atoms with van der Waals surface area (Å²) in [7, 11) is 0. The van der Waals surface area contributed by atoms with Gasteiger partial charge < -0.3 is 14.2 Å². The standard InChI is InChI=1S/C56H94O6/c1-4-7-10-13-16-19-22-24-26-27-28-29-30-32-34-37-40-43-46-49-55(58)61-52-53(51-60-54(57)48-45-42-39-36-33-21-18-15-12-9-6-3)62-56(59)50-47-44-41-38-35-31-25-23-20-17-14-11-8-5-2/h8,11,15-22,24-25,31,33,53H,4-7,9-10,12-14,23,26-30,32,34-52H2,1-3H3/b11-8-,18-15-,19-16-,20-17-,24-22-,31-25-,33-21-. The third-order valence-corrected chi connectivity index (χ3v) is 10.7. The van der Waals surface area contributed by atoms with Crippen molar-refractivity contribution in [1.82, 2.24) is 0 Å². The van der Waals surface area contributed by atoms with Gasteiger partial charge in [0.15, 0.2) is 6.10 Å². The maximum absolute atomic E-state index is 12.8. The number of carbonyl (C=O) groups is 3. The van der Waals surface area contributed by atoms with Crippen molar-refractivity contribution in [3.8, 4) is 0 Å². The Labute approximate surface area is 382 Å². The molecule has 0 rings (SSSR count). The fraction of sp³-hybridized carbons (Fsp3) is 0.696. The summed E-state index contributed by atoms with van der Waals surface area (Å²) >= 11 is 0. The first-order valence-electron chi connectivity index (χ1n) is 25.6. The molecule has 62 heavy (non-hydrogen) atoms. The Balaban J connectivity index is 4.40. The van der Waals surface area contributed by atoms with Crippen molar-refractivity contribution < 1.29 is 28.6 Å². The fourth-order valence-corrected chi connectivity index (χ4v) is 6.78. The van der Waals surface area contributed by atoms with Gasteiger partial charge in [0.1, 0.15) is 13.2 Å². The molecular weight excluding hydrogens is 769 g/mol. The number of esters is 3. The van der Waals surface area contributed by atoms with Crippen LogP contribution in [0.3, 0.4) is 0 Å². The summed E-state index contributed by atoms with van der Waals surface area (Å²) in [5.41, 5.74) is 0. The van der Waals surface area contributed by atoms with Gasteiger partial charge in [-0.3, -0.25) is 14.4 Å². The van der Waals surface area contributed by atoms with E-state index in [9.17, 15) is 14.4 Å². The number of rotatable bonds is 45. The molecule has 0 fully saturated rings. The number of allylic oxidation sites excluding steroid dienone is 14. The SMILES string of the molecule is CC/C=C\C/C=C\C/C=C\CCCCCCC(=O)OC(COC(=O)CCCCC/C=C\C=C/CCCC)COC(=O)CCCCCCCCCCCC/C=C\C=C/CCCCC. The normalized spacial score (nSPS) is 12.8. The van der Waals surface area contributed by atoms with Gasteiger partial charge >= 0.3 is 17.9 Å². The van der Waals surface area contributed by atoms with Crippen molar-refractivity contribution in [1.29, 1.82) is 0 Å². The number of hydrogen-bond acceptors (Lipinski definition) is 6. The van der Waals surface area contributed by atoms with E-state index < -0.39 is 6.10 Å². The second-order valence-corrected chi connectivity index (χ2v) is 16.7. The highest BCUT2D eigenvalue weighted by atomic mass is 16.6. The van der Waals surface area contributed by atoms with Crippen LogP contribution < -0.4 is 0 Å². The predicted molar refractivity (Wildman–Crippen MR) is 265 cm³/mol. The summed E-state index contributed by atoms with van der Waals surface area (Å²) in [4.78, 5) is 37.9. The fourth-order valence-electron chi connectivity index (χ4n) is 6.78. The second-order valence-electron chi connectivity index (χ2n) is 16.7. The molecule has 0 aromatic rings. The number of ether oxygens (including phenoxy) is 3. The van der Waals surface area contributed by atoms with Gasteiger partial charge in [-0.25, -0.2) is 0 Å². The average molecular weight is 863 g/mol. The van der Waals surface area contributed by atoms with Gasteiger partial charge in [0.2, 0.25) is 0 Å². The summed E-state index contributed by atoms with van der Waals surface area (Å²) < 4.78 is 16.7. The Bertz CT molecular complexity index is 1220. The van der Waals surface area contributed by atoms with E-state index in [-0.39, 0.29) is 31.1 Å². The molecule has 6 heteroatoms. The Morgan fingerprint density at radius 3 is 1.15 bits per heavy atom. The van der Waals surface area contributed by atoms with Crippen LogP contribution in [0.1, 0.15) is 233 Å². The number of carbonyl (C=O) groups excluding carboxylic acids is 3. The molecule has 0 spiro atoms. The Kier molecular flexibility index (Phi) is 47.5. The molecule has 0 aliphatic heterocycles. The van der Waals surface area contributed by atoms with E-state index in [1.54, 1.807) is 0 Å². The van der Waals surface area contributed by atoms with E-state index in [1.165, 1.54) is 89.9 Å². The Hall–Kier alpha value is -3.41. The highest BCUT2D eigenvalue weighted by molar-refractivity contribution is 5.71. The molecule has 6 nitrogen and oxygen atoms in total. The number of unbranched alkanes of at least 4 members (excludes halogenated alkanes) is 22. The van der Waals surface area contributed by atoms with Crippen LogP contribution in [0, 0.1) is 0 Å². The lowest BCUT2D eigenvalue weighted by Gasteiger charge is -2.18. The third kappa shape index (κ3) is 47.6. The first kappa shape index (κ1) is 58.6. The lowest BCUT2D eigenvalue weighted by Crippen LogP contribution is -2.30. The van der Waals surface area contributed by atoms with Gasteiger partial charge in [-0.2, -0.15) is 0 Å². The smallest absolute Gasteiger partial charge is 0.306 e. The molecule has 0 saturated carbocycles. The Morgan fingerprint density at radius 1 is 0.355 bits per heavy atom. The van der Waals surface area contributed by atoms with Crippen molar-refractivity contribution in [2.24, 2.45) is 0 Å². The summed E-state index contributed by atoms with van der Waals surface area (Å²) in [5, 5.41) is 0. The molecule has 1 atom stereocenters. The molecular formula is C56H94O6. The minimum absolute atomic E-state index is 0.0967. The van der Waals surface area contributed by atoms with Crippen molar-refractivity contribution >= 4 is 17.9 Å². The van der Waals surface area contributed by atoms with Gasteiger partial charge in [0.25, 0.3) is 0 Å². The van der Waals surface area contributed by atoms with Crippen molar-refractivity contribution in [3.63, 3.8) is 0 Å². The van der Waals surface area contributed by atoms with E-state index >= 15 is 0 Å². The van der Waals surface area contributed by atoms with E-state index in [4.69, 9.17) is 14.2 Å². The molecule has 354 valence electrons. The van der Waals surface area contributed by atoms with Crippen molar-refractivity contribution in [2.75, 3.05) is 13.2 Å². The average Bonchev–Trinajstić information content (AvgIpc) is 3.27.